The number of amides is 1. The van der Waals surface area contributed by atoms with E-state index in [1.807, 2.05) is 0 Å². The van der Waals surface area contributed by atoms with Crippen molar-refractivity contribution in [1.29, 1.82) is 0 Å². The van der Waals surface area contributed by atoms with Crippen LogP contribution in [0.1, 0.15) is 5.56 Å². The Morgan fingerprint density at radius 1 is 1.17 bits per heavy atom. The molecule has 0 bridgehead atoms. The predicted molar refractivity (Wildman–Crippen MR) is 100 cm³/mol. The first kappa shape index (κ1) is 21.1. The SMILES string of the molecule is Cn1cnc2c1c(=O)n(CC(=O)NCc1ccc(OCC(F)(F)F)cc1)c(=O)n2C. The van der Waals surface area contributed by atoms with Crippen molar-refractivity contribution in [2.75, 3.05) is 6.61 Å². The largest absolute Gasteiger partial charge is 0.484 e. The van der Waals surface area contributed by atoms with Crippen LogP contribution in [0, 0.1) is 0 Å². The maximum atomic E-state index is 12.6. The Morgan fingerprint density at radius 2 is 1.83 bits per heavy atom. The molecule has 3 rings (SSSR count). The van der Waals surface area contributed by atoms with Crippen molar-refractivity contribution in [3.05, 3.63) is 57.0 Å². The van der Waals surface area contributed by atoms with Gasteiger partial charge in [0, 0.05) is 20.6 Å². The molecule has 0 saturated heterocycles. The fourth-order valence-electron chi connectivity index (χ4n) is 2.80. The van der Waals surface area contributed by atoms with Crippen LogP contribution in [0.25, 0.3) is 11.2 Å². The third-order valence-electron chi connectivity index (χ3n) is 4.32. The van der Waals surface area contributed by atoms with E-state index < -0.39 is 36.5 Å². The van der Waals surface area contributed by atoms with Gasteiger partial charge in [-0.2, -0.15) is 13.2 Å². The summed E-state index contributed by atoms with van der Waals surface area (Å²) in [5, 5.41) is 2.56. The van der Waals surface area contributed by atoms with E-state index >= 15 is 0 Å². The summed E-state index contributed by atoms with van der Waals surface area (Å²) in [5.74, 6) is -0.532. The standard InChI is InChI=1S/C18H18F3N5O4/c1-24-10-23-15-14(24)16(28)26(17(29)25(15)2)8-13(27)22-7-11-3-5-12(6-4-11)30-9-18(19,20)21/h3-6,10H,7-9H2,1-2H3,(H,22,27). The molecule has 2 heterocycles. The van der Waals surface area contributed by atoms with E-state index in [-0.39, 0.29) is 23.5 Å². The first-order chi connectivity index (χ1) is 14.1. The Hall–Kier alpha value is -3.57. The van der Waals surface area contributed by atoms with Crippen LogP contribution in [0.15, 0.2) is 40.2 Å². The third-order valence-corrected chi connectivity index (χ3v) is 4.32. The molecule has 9 nitrogen and oxygen atoms in total. The minimum absolute atomic E-state index is 0.0435. The van der Waals surface area contributed by atoms with Gasteiger partial charge in [0.25, 0.3) is 5.56 Å². The molecule has 30 heavy (non-hydrogen) atoms. The first-order valence-electron chi connectivity index (χ1n) is 8.73. The highest BCUT2D eigenvalue weighted by Gasteiger charge is 2.28. The molecule has 0 atom stereocenters. The highest BCUT2D eigenvalue weighted by atomic mass is 19.4. The van der Waals surface area contributed by atoms with Gasteiger partial charge in [0.15, 0.2) is 17.8 Å². The van der Waals surface area contributed by atoms with E-state index in [1.54, 1.807) is 7.05 Å². The van der Waals surface area contributed by atoms with Crippen LogP contribution in [-0.2, 0) is 32.0 Å². The lowest BCUT2D eigenvalue weighted by molar-refractivity contribution is -0.153. The van der Waals surface area contributed by atoms with Gasteiger partial charge in [-0.05, 0) is 17.7 Å². The number of carbonyl (C=O) groups is 1. The van der Waals surface area contributed by atoms with Crippen LogP contribution >= 0.6 is 0 Å². The van der Waals surface area contributed by atoms with E-state index in [1.165, 1.54) is 46.8 Å². The summed E-state index contributed by atoms with van der Waals surface area (Å²) in [6, 6.07) is 5.70. The molecule has 0 unspecified atom stereocenters. The van der Waals surface area contributed by atoms with Gasteiger partial charge in [-0.15, -0.1) is 0 Å². The van der Waals surface area contributed by atoms with Crippen LogP contribution in [0.3, 0.4) is 0 Å². The van der Waals surface area contributed by atoms with E-state index in [2.05, 4.69) is 15.0 Å². The van der Waals surface area contributed by atoms with E-state index in [0.29, 0.717) is 5.56 Å². The molecule has 1 N–H and O–H groups in total. The predicted octanol–water partition coefficient (Wildman–Crippen LogP) is 0.691. The van der Waals surface area contributed by atoms with Crippen molar-refractivity contribution < 1.29 is 22.7 Å². The molecular weight excluding hydrogens is 407 g/mol. The van der Waals surface area contributed by atoms with E-state index in [4.69, 9.17) is 0 Å². The number of carbonyl (C=O) groups excluding carboxylic acids is 1. The van der Waals surface area contributed by atoms with Gasteiger partial charge < -0.3 is 14.6 Å². The lowest BCUT2D eigenvalue weighted by atomic mass is 10.2. The zero-order valence-corrected chi connectivity index (χ0v) is 16.1. The van der Waals surface area contributed by atoms with Crippen molar-refractivity contribution >= 4 is 17.1 Å². The van der Waals surface area contributed by atoms with Crippen LogP contribution < -0.4 is 21.3 Å². The number of hydrogen-bond donors (Lipinski definition) is 1. The maximum absolute atomic E-state index is 12.6. The average Bonchev–Trinajstić information content (AvgIpc) is 3.08. The molecule has 0 radical (unpaired) electrons. The van der Waals surface area contributed by atoms with Crippen LogP contribution in [0.4, 0.5) is 13.2 Å². The summed E-state index contributed by atoms with van der Waals surface area (Å²) >= 11 is 0. The molecule has 2 aromatic heterocycles. The maximum Gasteiger partial charge on any atom is 0.422 e. The Bertz CT molecular complexity index is 1190. The van der Waals surface area contributed by atoms with Crippen LogP contribution in [0.5, 0.6) is 5.75 Å². The molecule has 12 heteroatoms. The minimum atomic E-state index is -4.43. The number of aromatic nitrogens is 4. The molecule has 1 aromatic carbocycles. The van der Waals surface area contributed by atoms with Crippen LogP contribution in [0.2, 0.25) is 0 Å². The molecule has 0 aliphatic carbocycles. The Morgan fingerprint density at radius 3 is 2.47 bits per heavy atom. The van der Waals surface area contributed by atoms with E-state index in [0.717, 1.165) is 4.57 Å². The van der Waals surface area contributed by atoms with Crippen molar-refractivity contribution in [3.8, 4) is 5.75 Å². The number of hydrogen-bond acceptors (Lipinski definition) is 5. The topological polar surface area (TPSA) is 100 Å². The lowest BCUT2D eigenvalue weighted by Crippen LogP contribution is -2.43. The number of alkyl halides is 3. The second-order valence-electron chi connectivity index (χ2n) is 6.59. The monoisotopic (exact) mass is 425 g/mol. The fraction of sp³-hybridized carbons (Fsp3) is 0.333. The Kier molecular flexibility index (Phi) is 5.67. The average molecular weight is 425 g/mol. The smallest absolute Gasteiger partial charge is 0.422 e. The summed E-state index contributed by atoms with van der Waals surface area (Å²) in [6.07, 6.45) is -3.03. The van der Waals surface area contributed by atoms with Gasteiger partial charge in [-0.1, -0.05) is 12.1 Å². The molecule has 0 aliphatic rings. The number of rotatable bonds is 6. The zero-order valence-electron chi connectivity index (χ0n) is 16.1. The summed E-state index contributed by atoms with van der Waals surface area (Å²) in [6.45, 7) is -1.82. The van der Waals surface area contributed by atoms with Gasteiger partial charge >= 0.3 is 11.9 Å². The van der Waals surface area contributed by atoms with Gasteiger partial charge in [0.05, 0.1) is 6.33 Å². The number of nitrogens with one attached hydrogen (secondary N) is 1. The van der Waals surface area contributed by atoms with Crippen molar-refractivity contribution in [3.63, 3.8) is 0 Å². The summed E-state index contributed by atoms with van der Waals surface area (Å²) < 4.78 is 44.5. The lowest BCUT2D eigenvalue weighted by Gasteiger charge is -2.11. The second kappa shape index (κ2) is 8.05. The second-order valence-corrected chi connectivity index (χ2v) is 6.59. The van der Waals surface area contributed by atoms with Crippen molar-refractivity contribution in [2.24, 2.45) is 14.1 Å². The third kappa shape index (κ3) is 4.53. The molecule has 0 saturated carbocycles. The number of aryl methyl sites for hydroxylation is 2. The number of benzene rings is 1. The number of ether oxygens (including phenoxy) is 1. The molecule has 0 fully saturated rings. The number of nitrogens with zero attached hydrogens (tertiary/aromatic N) is 4. The number of imidazole rings is 1. The van der Waals surface area contributed by atoms with Crippen molar-refractivity contribution in [2.45, 2.75) is 19.3 Å². The summed E-state index contributed by atoms with van der Waals surface area (Å²) in [7, 11) is 3.06. The zero-order chi connectivity index (χ0) is 22.1. The molecule has 0 spiro atoms. The molecular formula is C18H18F3N5O4. The minimum Gasteiger partial charge on any atom is -0.484 e. The number of fused-ring (bicyclic) bond motifs is 1. The molecule has 1 amide bonds. The van der Waals surface area contributed by atoms with Crippen LogP contribution in [-0.4, -0.2) is 37.4 Å². The van der Waals surface area contributed by atoms with Gasteiger partial charge in [-0.25, -0.2) is 14.3 Å². The molecule has 3 aromatic rings. The van der Waals surface area contributed by atoms with E-state index in [9.17, 15) is 27.6 Å². The summed E-state index contributed by atoms with van der Waals surface area (Å²) in [5.41, 5.74) is -0.289. The Labute approximate surface area is 167 Å². The first-order valence-corrected chi connectivity index (χ1v) is 8.73. The van der Waals surface area contributed by atoms with Crippen molar-refractivity contribution in [1.82, 2.24) is 24.0 Å². The fourth-order valence-corrected chi connectivity index (χ4v) is 2.80. The number of halogens is 3. The summed E-state index contributed by atoms with van der Waals surface area (Å²) in [4.78, 5) is 41.2. The highest BCUT2D eigenvalue weighted by molar-refractivity contribution is 5.76. The molecule has 0 aliphatic heterocycles. The highest BCUT2D eigenvalue weighted by Crippen LogP contribution is 2.18. The van der Waals surface area contributed by atoms with Gasteiger partial charge in [-0.3, -0.25) is 14.2 Å². The van der Waals surface area contributed by atoms with Gasteiger partial charge in [0.1, 0.15) is 12.3 Å². The Balaban J connectivity index is 1.66. The van der Waals surface area contributed by atoms with Gasteiger partial charge in [0.2, 0.25) is 5.91 Å². The normalized spacial score (nSPS) is 11.6. The quantitative estimate of drug-likeness (QED) is 0.627. The molecule has 160 valence electrons.